The van der Waals surface area contributed by atoms with Gasteiger partial charge in [0, 0.05) is 11.3 Å². The predicted molar refractivity (Wildman–Crippen MR) is 106 cm³/mol. The van der Waals surface area contributed by atoms with E-state index in [1.54, 1.807) is 36.4 Å². The topological polar surface area (TPSA) is 104 Å². The van der Waals surface area contributed by atoms with Crippen molar-refractivity contribution in [3.63, 3.8) is 0 Å². The van der Waals surface area contributed by atoms with Crippen LogP contribution >= 0.6 is 0 Å². The van der Waals surface area contributed by atoms with Crippen molar-refractivity contribution in [3.05, 3.63) is 59.7 Å². The molecule has 148 valence electrons. The number of nitrogens with zero attached hydrogens (tertiary/aromatic N) is 1. The fourth-order valence-electron chi connectivity index (χ4n) is 4.11. The monoisotopic (exact) mass is 392 g/mol. The molecule has 7 heteroatoms. The Morgan fingerprint density at radius 3 is 2.10 bits per heavy atom. The Morgan fingerprint density at radius 2 is 1.52 bits per heavy atom. The predicted octanol–water partition coefficient (Wildman–Crippen LogP) is 3.32. The minimum absolute atomic E-state index is 0.0747. The van der Waals surface area contributed by atoms with E-state index in [4.69, 9.17) is 5.11 Å². The summed E-state index contributed by atoms with van der Waals surface area (Å²) in [6.45, 7) is 0. The molecule has 0 spiro atoms. The van der Waals surface area contributed by atoms with Crippen molar-refractivity contribution in [1.82, 2.24) is 0 Å². The van der Waals surface area contributed by atoms with Gasteiger partial charge in [0.1, 0.15) is 0 Å². The van der Waals surface area contributed by atoms with Crippen LogP contribution in [0, 0.1) is 11.8 Å². The van der Waals surface area contributed by atoms with Crippen molar-refractivity contribution in [2.24, 2.45) is 11.8 Å². The molecule has 1 aliphatic heterocycles. The number of amides is 3. The van der Waals surface area contributed by atoms with Crippen molar-refractivity contribution in [1.29, 1.82) is 0 Å². The van der Waals surface area contributed by atoms with Gasteiger partial charge in [0.25, 0.3) is 5.91 Å². The first-order chi connectivity index (χ1) is 14.0. The second-order valence-corrected chi connectivity index (χ2v) is 7.40. The highest BCUT2D eigenvalue weighted by molar-refractivity contribution is 6.22. The Kier molecular flexibility index (Phi) is 4.88. The van der Waals surface area contributed by atoms with E-state index in [1.165, 1.54) is 17.0 Å². The highest BCUT2D eigenvalue weighted by Gasteiger charge is 2.48. The lowest BCUT2D eigenvalue weighted by Crippen LogP contribution is -2.30. The van der Waals surface area contributed by atoms with Crippen molar-refractivity contribution in [2.45, 2.75) is 25.7 Å². The van der Waals surface area contributed by atoms with Crippen LogP contribution < -0.4 is 10.2 Å². The van der Waals surface area contributed by atoms with Crippen LogP contribution in [0.2, 0.25) is 0 Å². The lowest BCUT2D eigenvalue weighted by Gasteiger charge is -2.19. The summed E-state index contributed by atoms with van der Waals surface area (Å²) < 4.78 is 0. The Labute approximate surface area is 167 Å². The van der Waals surface area contributed by atoms with Crippen LogP contribution in [-0.2, 0) is 9.59 Å². The Morgan fingerprint density at radius 1 is 0.897 bits per heavy atom. The van der Waals surface area contributed by atoms with Gasteiger partial charge in [0.05, 0.1) is 23.1 Å². The number of rotatable bonds is 4. The lowest BCUT2D eigenvalue weighted by molar-refractivity contribution is -0.122. The number of hydrogen-bond acceptors (Lipinski definition) is 4. The van der Waals surface area contributed by atoms with Gasteiger partial charge in [0.15, 0.2) is 0 Å². The quantitative estimate of drug-likeness (QED) is 0.777. The molecular formula is C22H20N2O5. The third-order valence-electron chi connectivity index (χ3n) is 5.60. The summed E-state index contributed by atoms with van der Waals surface area (Å²) >= 11 is 0. The van der Waals surface area contributed by atoms with Gasteiger partial charge in [-0.1, -0.05) is 18.9 Å². The largest absolute Gasteiger partial charge is 0.478 e. The molecule has 1 saturated carbocycles. The van der Waals surface area contributed by atoms with Gasteiger partial charge in [0.2, 0.25) is 11.8 Å². The zero-order valence-corrected chi connectivity index (χ0v) is 15.6. The Bertz CT molecular complexity index is 975. The summed E-state index contributed by atoms with van der Waals surface area (Å²) in [5, 5.41) is 11.7. The molecule has 0 aromatic heterocycles. The highest BCUT2D eigenvalue weighted by Crippen LogP contribution is 2.40. The third-order valence-corrected chi connectivity index (χ3v) is 5.60. The van der Waals surface area contributed by atoms with Gasteiger partial charge in [-0.15, -0.1) is 0 Å². The van der Waals surface area contributed by atoms with Crippen molar-refractivity contribution in [3.8, 4) is 0 Å². The number of carboxylic acid groups (broad SMARTS) is 1. The van der Waals surface area contributed by atoms with Crippen molar-refractivity contribution < 1.29 is 24.3 Å². The second-order valence-electron chi connectivity index (χ2n) is 7.40. The van der Waals surface area contributed by atoms with E-state index in [1.807, 2.05) is 0 Å². The number of anilines is 2. The number of fused-ring (bicyclic) bond motifs is 1. The molecule has 2 aliphatic rings. The molecule has 2 fully saturated rings. The first-order valence-electron chi connectivity index (χ1n) is 9.58. The van der Waals surface area contributed by atoms with E-state index in [-0.39, 0.29) is 29.2 Å². The number of carbonyl (C=O) groups is 4. The number of carboxylic acids is 1. The number of nitrogens with one attached hydrogen (secondary N) is 1. The first kappa shape index (κ1) is 18.9. The molecule has 1 saturated heterocycles. The highest BCUT2D eigenvalue weighted by atomic mass is 16.4. The van der Waals surface area contributed by atoms with Crippen LogP contribution in [0.3, 0.4) is 0 Å². The average Bonchev–Trinajstić information content (AvgIpc) is 2.99. The maximum absolute atomic E-state index is 12.7. The summed E-state index contributed by atoms with van der Waals surface area (Å²) in [4.78, 5) is 50.1. The minimum Gasteiger partial charge on any atom is -0.478 e. The molecule has 0 unspecified atom stereocenters. The number of carbonyl (C=O) groups excluding carboxylic acids is 3. The van der Waals surface area contributed by atoms with E-state index in [0.29, 0.717) is 16.9 Å². The fourth-order valence-corrected chi connectivity index (χ4v) is 4.11. The van der Waals surface area contributed by atoms with Crippen molar-refractivity contribution >= 4 is 35.1 Å². The second kappa shape index (κ2) is 7.50. The summed E-state index contributed by atoms with van der Waals surface area (Å²) in [6, 6.07) is 12.2. The molecule has 2 N–H and O–H groups in total. The van der Waals surface area contributed by atoms with E-state index in [0.717, 1.165) is 25.7 Å². The molecule has 2 aromatic carbocycles. The van der Waals surface area contributed by atoms with Gasteiger partial charge in [-0.05, 0) is 55.3 Å². The zero-order valence-electron chi connectivity index (χ0n) is 15.6. The van der Waals surface area contributed by atoms with Crippen LogP contribution in [0.5, 0.6) is 0 Å². The maximum Gasteiger partial charge on any atom is 0.335 e. The fraction of sp³-hybridized carbons (Fsp3) is 0.273. The molecule has 0 radical (unpaired) electrons. The summed E-state index contributed by atoms with van der Waals surface area (Å²) in [5.74, 6) is -2.23. The van der Waals surface area contributed by atoms with Crippen molar-refractivity contribution in [2.75, 3.05) is 10.2 Å². The van der Waals surface area contributed by atoms with Gasteiger partial charge < -0.3 is 10.4 Å². The smallest absolute Gasteiger partial charge is 0.335 e. The molecule has 7 nitrogen and oxygen atoms in total. The molecule has 29 heavy (non-hydrogen) atoms. The van der Waals surface area contributed by atoms with Gasteiger partial charge in [-0.3, -0.25) is 19.3 Å². The first-order valence-corrected chi connectivity index (χ1v) is 9.58. The molecule has 2 aromatic rings. The lowest BCUT2D eigenvalue weighted by atomic mass is 9.81. The summed E-state index contributed by atoms with van der Waals surface area (Å²) in [6.07, 6.45) is 3.44. The molecule has 3 amide bonds. The van der Waals surface area contributed by atoms with Gasteiger partial charge in [-0.25, -0.2) is 4.79 Å². The molecule has 1 heterocycles. The van der Waals surface area contributed by atoms with E-state index in [2.05, 4.69) is 5.32 Å². The number of imide groups is 1. The van der Waals surface area contributed by atoms with Crippen LogP contribution in [0.1, 0.15) is 46.4 Å². The van der Waals surface area contributed by atoms with Gasteiger partial charge in [-0.2, -0.15) is 0 Å². The van der Waals surface area contributed by atoms with E-state index < -0.39 is 11.9 Å². The molecule has 2 atom stereocenters. The molecular weight excluding hydrogens is 372 g/mol. The van der Waals surface area contributed by atoms with Crippen LogP contribution in [0.15, 0.2) is 48.5 Å². The summed E-state index contributed by atoms with van der Waals surface area (Å²) in [7, 11) is 0. The zero-order chi connectivity index (χ0) is 20.5. The van der Waals surface area contributed by atoms with Gasteiger partial charge >= 0.3 is 5.97 Å². The molecule has 4 rings (SSSR count). The van der Waals surface area contributed by atoms with Crippen LogP contribution in [0.25, 0.3) is 0 Å². The molecule has 0 bridgehead atoms. The average molecular weight is 392 g/mol. The third kappa shape index (κ3) is 3.51. The summed E-state index contributed by atoms with van der Waals surface area (Å²) in [5.41, 5.74) is 1.25. The van der Waals surface area contributed by atoms with Crippen LogP contribution in [-0.4, -0.2) is 28.8 Å². The number of aromatic carboxylic acids is 1. The number of hydrogen-bond donors (Lipinski definition) is 2. The Hall–Kier alpha value is -3.48. The SMILES string of the molecule is O=C(O)c1cccc(NC(=O)c2ccc(N3C(=O)[C@H]4CCCC[C@@H]4C3=O)cc2)c1. The maximum atomic E-state index is 12.7. The normalized spacial score (nSPS) is 21.0. The van der Waals surface area contributed by atoms with Crippen LogP contribution in [0.4, 0.5) is 11.4 Å². The Balaban J connectivity index is 1.50. The van der Waals surface area contributed by atoms with E-state index >= 15 is 0 Å². The standard InChI is InChI=1S/C22H20N2O5/c25-19(23-15-5-3-4-14(12-15)22(28)29)13-8-10-16(11-9-13)24-20(26)17-6-1-2-7-18(17)21(24)27/h3-5,8-12,17-18H,1-2,6-7H2,(H,23,25)(H,28,29)/t17-,18-/m0/s1. The molecule has 1 aliphatic carbocycles. The minimum atomic E-state index is -1.08. The van der Waals surface area contributed by atoms with E-state index in [9.17, 15) is 19.2 Å². The number of benzene rings is 2.